The predicted octanol–water partition coefficient (Wildman–Crippen LogP) is 8.55. The molecule has 1 aliphatic carbocycles. The highest BCUT2D eigenvalue weighted by molar-refractivity contribution is 7.92. The van der Waals surface area contributed by atoms with Gasteiger partial charge in [0.05, 0.1) is 20.6 Å². The first-order valence-electron chi connectivity index (χ1n) is 16.5. The van der Waals surface area contributed by atoms with Gasteiger partial charge in [-0.2, -0.15) is 0 Å². The van der Waals surface area contributed by atoms with Gasteiger partial charge in [-0.25, -0.2) is 8.42 Å². The highest BCUT2D eigenvalue weighted by Crippen LogP contribution is 2.30. The average molecular weight is 723 g/mol. The molecule has 0 aliphatic heterocycles. The van der Waals surface area contributed by atoms with E-state index in [4.69, 9.17) is 27.9 Å². The number of ether oxygens (including phenoxy) is 1. The first kappa shape index (κ1) is 36.2. The summed E-state index contributed by atoms with van der Waals surface area (Å²) >= 11 is 12.5. The van der Waals surface area contributed by atoms with Crippen molar-refractivity contribution in [3.63, 3.8) is 0 Å². The first-order valence-corrected chi connectivity index (χ1v) is 18.7. The molecule has 49 heavy (non-hydrogen) atoms. The number of carbonyl (C=O) groups is 2. The van der Waals surface area contributed by atoms with Gasteiger partial charge in [0.25, 0.3) is 10.0 Å². The van der Waals surface area contributed by atoms with Gasteiger partial charge in [0, 0.05) is 12.6 Å². The second-order valence-electron chi connectivity index (χ2n) is 12.3. The Balaban J connectivity index is 1.49. The van der Waals surface area contributed by atoms with Crippen molar-refractivity contribution in [3.05, 3.63) is 118 Å². The number of hydrogen-bond acceptors (Lipinski definition) is 5. The summed E-state index contributed by atoms with van der Waals surface area (Å²) in [6.45, 7) is 3.18. The molecule has 1 aliphatic rings. The molecule has 0 spiro atoms. The van der Waals surface area contributed by atoms with E-state index >= 15 is 0 Å². The van der Waals surface area contributed by atoms with Crippen LogP contribution in [-0.2, 0) is 26.2 Å². The number of halogens is 2. The average Bonchev–Trinajstić information content (AvgIpc) is 3.10. The number of rotatable bonds is 13. The molecule has 8 nitrogen and oxygen atoms in total. The van der Waals surface area contributed by atoms with Crippen LogP contribution in [0, 0.1) is 6.92 Å². The molecule has 1 saturated carbocycles. The third kappa shape index (κ3) is 9.35. The summed E-state index contributed by atoms with van der Waals surface area (Å²) in [6, 6.07) is 26.4. The molecule has 5 rings (SSSR count). The Kier molecular flexibility index (Phi) is 12.3. The Labute approximate surface area is 299 Å². The summed E-state index contributed by atoms with van der Waals surface area (Å²) in [7, 11) is -4.23. The molecule has 0 radical (unpaired) electrons. The van der Waals surface area contributed by atoms with Crippen molar-refractivity contribution in [3.8, 4) is 11.5 Å². The number of benzene rings is 4. The summed E-state index contributed by atoms with van der Waals surface area (Å²) in [5, 5.41) is 3.83. The molecule has 1 N–H and O–H groups in total. The van der Waals surface area contributed by atoms with Crippen LogP contribution in [0.3, 0.4) is 0 Å². The van der Waals surface area contributed by atoms with Crippen LogP contribution in [0.5, 0.6) is 11.5 Å². The number of carbonyl (C=O) groups excluding carboxylic acids is 2. The maximum absolute atomic E-state index is 14.5. The van der Waals surface area contributed by atoms with E-state index < -0.39 is 28.5 Å². The van der Waals surface area contributed by atoms with Crippen molar-refractivity contribution in [2.75, 3.05) is 10.8 Å². The summed E-state index contributed by atoms with van der Waals surface area (Å²) in [6.07, 6.45) is 5.30. The molecule has 4 aromatic rings. The van der Waals surface area contributed by atoms with Crippen molar-refractivity contribution in [1.29, 1.82) is 0 Å². The summed E-state index contributed by atoms with van der Waals surface area (Å²) in [5.41, 5.74) is 1.82. The third-order valence-corrected chi connectivity index (χ3v) is 11.2. The fourth-order valence-corrected chi connectivity index (χ4v) is 7.70. The van der Waals surface area contributed by atoms with Crippen LogP contribution < -0.4 is 14.4 Å². The Morgan fingerprint density at radius 1 is 0.857 bits per heavy atom. The van der Waals surface area contributed by atoms with Crippen molar-refractivity contribution in [1.82, 2.24) is 10.2 Å². The van der Waals surface area contributed by atoms with E-state index in [0.29, 0.717) is 33.5 Å². The zero-order valence-corrected chi connectivity index (χ0v) is 30.0. The normalized spacial score (nSPS) is 14.1. The number of para-hydroxylation sites is 1. The van der Waals surface area contributed by atoms with Crippen LogP contribution in [0.4, 0.5) is 5.69 Å². The van der Waals surface area contributed by atoms with Crippen LogP contribution in [0.1, 0.15) is 56.6 Å². The fraction of sp³-hybridized carbons (Fsp3) is 0.316. The van der Waals surface area contributed by atoms with Gasteiger partial charge in [-0.1, -0.05) is 91.3 Å². The fourth-order valence-electron chi connectivity index (χ4n) is 5.97. The largest absolute Gasteiger partial charge is 0.457 e. The minimum absolute atomic E-state index is 0.0224. The van der Waals surface area contributed by atoms with Crippen molar-refractivity contribution >= 4 is 50.7 Å². The number of aryl methyl sites for hydroxylation is 1. The highest BCUT2D eigenvalue weighted by Gasteiger charge is 2.34. The minimum Gasteiger partial charge on any atom is -0.457 e. The molecular formula is C38H41Cl2N3O5S. The summed E-state index contributed by atoms with van der Waals surface area (Å²) in [4.78, 5) is 29.8. The van der Waals surface area contributed by atoms with Gasteiger partial charge >= 0.3 is 0 Å². The van der Waals surface area contributed by atoms with Crippen LogP contribution in [0.25, 0.3) is 0 Å². The van der Waals surface area contributed by atoms with E-state index in [0.717, 1.165) is 42.0 Å². The molecule has 11 heteroatoms. The topological polar surface area (TPSA) is 96.0 Å². The smallest absolute Gasteiger partial charge is 0.264 e. The molecule has 4 aromatic carbocycles. The standard InChI is InChI=1S/C38H41Cl2N3O5S/c1-3-36(38(45)41-29-10-6-4-7-11-29)42(25-28-16-23-34(39)35(40)24-28)37(44)26-43(49(46,47)33-21-14-27(2)15-22-33)30-17-19-32(20-18-30)48-31-12-8-5-9-13-31/h5,8-9,12-24,29,36H,3-4,6-7,10-11,25-26H2,1-2H3,(H,41,45). The van der Waals surface area contributed by atoms with Gasteiger partial charge in [0.1, 0.15) is 24.1 Å². The third-order valence-electron chi connectivity index (χ3n) is 8.67. The molecule has 0 bridgehead atoms. The molecule has 2 amide bonds. The lowest BCUT2D eigenvalue weighted by Crippen LogP contribution is -2.54. The number of amides is 2. The van der Waals surface area contributed by atoms with E-state index in [1.165, 1.54) is 17.0 Å². The molecule has 0 heterocycles. The van der Waals surface area contributed by atoms with Crippen molar-refractivity contribution in [2.24, 2.45) is 0 Å². The zero-order chi connectivity index (χ0) is 35.0. The van der Waals surface area contributed by atoms with Crippen LogP contribution in [0.15, 0.2) is 102 Å². The van der Waals surface area contributed by atoms with E-state index in [-0.39, 0.29) is 29.1 Å². The van der Waals surface area contributed by atoms with Crippen molar-refractivity contribution < 1.29 is 22.7 Å². The molecule has 1 fully saturated rings. The number of sulfonamides is 1. The van der Waals surface area contributed by atoms with Gasteiger partial charge in [0.2, 0.25) is 11.8 Å². The number of nitrogens with zero attached hydrogens (tertiary/aromatic N) is 2. The van der Waals surface area contributed by atoms with Gasteiger partial charge in [-0.15, -0.1) is 0 Å². The van der Waals surface area contributed by atoms with Gasteiger partial charge in [-0.05, 0) is 92.4 Å². The number of hydrogen-bond donors (Lipinski definition) is 1. The highest BCUT2D eigenvalue weighted by atomic mass is 35.5. The Hall–Kier alpha value is -4.05. The Morgan fingerprint density at radius 2 is 1.51 bits per heavy atom. The molecule has 1 atom stereocenters. The Morgan fingerprint density at radius 3 is 2.14 bits per heavy atom. The number of nitrogens with one attached hydrogen (secondary N) is 1. The lowest BCUT2D eigenvalue weighted by atomic mass is 9.95. The second-order valence-corrected chi connectivity index (χ2v) is 14.9. The molecular weight excluding hydrogens is 681 g/mol. The SMILES string of the molecule is CCC(C(=O)NC1CCCCC1)N(Cc1ccc(Cl)c(Cl)c1)C(=O)CN(c1ccc(Oc2ccccc2)cc1)S(=O)(=O)c1ccc(C)cc1. The summed E-state index contributed by atoms with van der Waals surface area (Å²) < 4.78 is 35.5. The maximum atomic E-state index is 14.5. The molecule has 0 saturated heterocycles. The second kappa shape index (κ2) is 16.6. The summed E-state index contributed by atoms with van der Waals surface area (Å²) in [5.74, 6) is 0.320. The van der Waals surface area contributed by atoms with Crippen LogP contribution in [0.2, 0.25) is 10.0 Å². The molecule has 0 aromatic heterocycles. The van der Waals surface area contributed by atoms with E-state index in [1.54, 1.807) is 54.6 Å². The first-order chi connectivity index (χ1) is 23.5. The van der Waals surface area contributed by atoms with Gasteiger partial charge in [-0.3, -0.25) is 13.9 Å². The quantitative estimate of drug-likeness (QED) is 0.149. The molecule has 258 valence electrons. The Bertz CT molecular complexity index is 1830. The predicted molar refractivity (Wildman–Crippen MR) is 195 cm³/mol. The lowest BCUT2D eigenvalue weighted by Gasteiger charge is -2.34. The van der Waals surface area contributed by atoms with Crippen molar-refractivity contribution in [2.45, 2.75) is 75.9 Å². The van der Waals surface area contributed by atoms with E-state index in [1.807, 2.05) is 44.2 Å². The zero-order valence-electron chi connectivity index (χ0n) is 27.6. The number of anilines is 1. The van der Waals surface area contributed by atoms with Gasteiger partial charge < -0.3 is 15.0 Å². The van der Waals surface area contributed by atoms with E-state index in [2.05, 4.69) is 5.32 Å². The maximum Gasteiger partial charge on any atom is 0.264 e. The molecule has 1 unspecified atom stereocenters. The van der Waals surface area contributed by atoms with E-state index in [9.17, 15) is 18.0 Å². The van der Waals surface area contributed by atoms with Crippen LogP contribution >= 0.6 is 23.2 Å². The minimum atomic E-state index is -4.23. The lowest BCUT2D eigenvalue weighted by molar-refractivity contribution is -0.140. The monoisotopic (exact) mass is 721 g/mol. The van der Waals surface area contributed by atoms with Gasteiger partial charge in [0.15, 0.2) is 0 Å². The van der Waals surface area contributed by atoms with Crippen LogP contribution in [-0.4, -0.2) is 43.8 Å².